The lowest BCUT2D eigenvalue weighted by atomic mass is 10.0. The zero-order valence-electron chi connectivity index (χ0n) is 17.2. The lowest BCUT2D eigenvalue weighted by molar-refractivity contribution is 0.0321. The number of nitrogens with one attached hydrogen (secondary N) is 1. The van der Waals surface area contributed by atoms with Crippen molar-refractivity contribution in [2.24, 2.45) is 4.99 Å². The molecule has 1 aliphatic rings. The molecule has 0 fully saturated rings. The Balaban J connectivity index is 2.34. The summed E-state index contributed by atoms with van der Waals surface area (Å²) in [5.41, 5.74) is -0.00195. The van der Waals surface area contributed by atoms with Gasteiger partial charge in [0.25, 0.3) is 0 Å². The van der Waals surface area contributed by atoms with Gasteiger partial charge in [-0.05, 0) is 53.2 Å². The Morgan fingerprint density at radius 3 is 2.32 bits per heavy atom. The molecule has 0 saturated carbocycles. The number of carbonyl (C=O) groups is 2. The average Bonchev–Trinajstić information content (AvgIpc) is 2.94. The van der Waals surface area contributed by atoms with Crippen LogP contribution >= 0.6 is 0 Å². The van der Waals surface area contributed by atoms with Crippen LogP contribution in [0.3, 0.4) is 0 Å². The summed E-state index contributed by atoms with van der Waals surface area (Å²) < 4.78 is 10.8. The van der Waals surface area contributed by atoms with Gasteiger partial charge in [0.05, 0.1) is 12.6 Å². The van der Waals surface area contributed by atoms with Crippen molar-refractivity contribution in [2.75, 3.05) is 6.54 Å². The summed E-state index contributed by atoms with van der Waals surface area (Å²) in [5, 5.41) is 2.55. The van der Waals surface area contributed by atoms with Gasteiger partial charge in [0.2, 0.25) is 5.96 Å². The van der Waals surface area contributed by atoms with Crippen LogP contribution in [0.25, 0.3) is 0 Å². The van der Waals surface area contributed by atoms with E-state index in [4.69, 9.17) is 15.9 Å². The highest BCUT2D eigenvalue weighted by atomic mass is 16.6. The van der Waals surface area contributed by atoms with E-state index >= 15 is 0 Å². The zero-order valence-corrected chi connectivity index (χ0v) is 17.2. The first kappa shape index (κ1) is 21.3. The number of nitrogens with zero attached hydrogens (tertiary/aromatic N) is 2. The summed E-state index contributed by atoms with van der Waals surface area (Å²) in [6.45, 7) is 10.8. The Bertz CT molecular complexity index is 825. The number of aliphatic imine (C=N–C) groups is 1. The standard InChI is InChI=1S/C21H27N3O4/c1-8-14-11-9-10-12-15(14)16-13-22-17(23-18(25)27-20(2,3)4)24(16)19(26)28-21(5,6)7/h1,9-12,16H,13H2,2-7H3,(H,22,23,25). The Kier molecular flexibility index (Phi) is 6.03. The SMILES string of the molecule is C#Cc1ccccc1C1CN=C(NC(=O)OC(C)(C)C)N1C(=O)OC(C)(C)C. The molecule has 1 heterocycles. The van der Waals surface area contributed by atoms with E-state index in [2.05, 4.69) is 16.2 Å². The molecular formula is C21H27N3O4. The van der Waals surface area contributed by atoms with Crippen LogP contribution in [-0.2, 0) is 9.47 Å². The monoisotopic (exact) mass is 385 g/mol. The fraction of sp³-hybridized carbons (Fsp3) is 0.476. The minimum atomic E-state index is -0.715. The normalized spacial score (nSPS) is 16.8. The zero-order chi connectivity index (χ0) is 21.1. The van der Waals surface area contributed by atoms with Crippen LogP contribution in [0, 0.1) is 12.3 Å². The van der Waals surface area contributed by atoms with Gasteiger partial charge in [-0.3, -0.25) is 5.32 Å². The summed E-state index contributed by atoms with van der Waals surface area (Å²) in [6, 6.07) is 6.80. The second kappa shape index (κ2) is 7.93. The molecule has 2 amide bonds. The molecule has 1 aromatic carbocycles. The van der Waals surface area contributed by atoms with Crippen LogP contribution in [0.2, 0.25) is 0 Å². The van der Waals surface area contributed by atoms with Crippen molar-refractivity contribution in [3.05, 3.63) is 35.4 Å². The molecular weight excluding hydrogens is 358 g/mol. The molecule has 0 saturated heterocycles. The third kappa shape index (κ3) is 5.49. The van der Waals surface area contributed by atoms with Gasteiger partial charge in [0.1, 0.15) is 11.2 Å². The Morgan fingerprint density at radius 2 is 1.75 bits per heavy atom. The third-order valence-corrected chi connectivity index (χ3v) is 3.63. The van der Waals surface area contributed by atoms with Gasteiger partial charge in [-0.2, -0.15) is 0 Å². The molecule has 1 unspecified atom stereocenters. The molecule has 2 rings (SSSR count). The van der Waals surface area contributed by atoms with E-state index < -0.39 is 29.4 Å². The molecule has 0 spiro atoms. The largest absolute Gasteiger partial charge is 0.444 e. The molecule has 0 radical (unpaired) electrons. The summed E-state index contributed by atoms with van der Waals surface area (Å²) >= 11 is 0. The number of alkyl carbamates (subject to hydrolysis) is 1. The lowest BCUT2D eigenvalue weighted by Crippen LogP contribution is -2.48. The maximum absolute atomic E-state index is 12.9. The Morgan fingerprint density at radius 1 is 1.14 bits per heavy atom. The molecule has 0 bridgehead atoms. The van der Waals surface area contributed by atoms with Crippen LogP contribution in [0.15, 0.2) is 29.3 Å². The molecule has 28 heavy (non-hydrogen) atoms. The minimum absolute atomic E-state index is 0.0697. The second-order valence-electron chi connectivity index (χ2n) is 8.39. The predicted octanol–water partition coefficient (Wildman–Crippen LogP) is 3.84. The molecule has 150 valence electrons. The molecule has 7 nitrogen and oxygen atoms in total. The van der Waals surface area contributed by atoms with E-state index in [0.717, 1.165) is 5.56 Å². The second-order valence-corrected chi connectivity index (χ2v) is 8.39. The van der Waals surface area contributed by atoms with Crippen LogP contribution in [-0.4, -0.2) is 40.8 Å². The smallest absolute Gasteiger partial charge is 0.417 e. The van der Waals surface area contributed by atoms with E-state index in [1.165, 1.54) is 4.90 Å². The van der Waals surface area contributed by atoms with Crippen molar-refractivity contribution in [3.8, 4) is 12.3 Å². The summed E-state index contributed by atoms with van der Waals surface area (Å²) in [4.78, 5) is 30.8. The first-order valence-electron chi connectivity index (χ1n) is 9.03. The topological polar surface area (TPSA) is 80.2 Å². The van der Waals surface area contributed by atoms with Gasteiger partial charge in [-0.1, -0.05) is 24.1 Å². The van der Waals surface area contributed by atoms with Crippen molar-refractivity contribution >= 4 is 18.1 Å². The number of ether oxygens (including phenoxy) is 2. The lowest BCUT2D eigenvalue weighted by Gasteiger charge is -2.30. The van der Waals surface area contributed by atoms with E-state index in [1.807, 2.05) is 18.2 Å². The predicted molar refractivity (Wildman–Crippen MR) is 107 cm³/mol. The van der Waals surface area contributed by atoms with Crippen molar-refractivity contribution in [3.63, 3.8) is 0 Å². The molecule has 0 aliphatic carbocycles. The number of carbonyl (C=O) groups excluding carboxylic acids is 2. The highest BCUT2D eigenvalue weighted by Crippen LogP contribution is 2.30. The van der Waals surface area contributed by atoms with Crippen LogP contribution in [0.4, 0.5) is 9.59 Å². The van der Waals surface area contributed by atoms with Crippen LogP contribution < -0.4 is 5.32 Å². The summed E-state index contributed by atoms with van der Waals surface area (Å²) in [5.74, 6) is 2.69. The summed E-state index contributed by atoms with van der Waals surface area (Å²) in [7, 11) is 0. The quantitative estimate of drug-likeness (QED) is 0.745. The van der Waals surface area contributed by atoms with Gasteiger partial charge in [-0.25, -0.2) is 19.5 Å². The van der Waals surface area contributed by atoms with Crippen molar-refractivity contribution < 1.29 is 19.1 Å². The molecule has 1 aliphatic heterocycles. The molecule has 0 aromatic heterocycles. The number of amides is 2. The van der Waals surface area contributed by atoms with Crippen LogP contribution in [0.5, 0.6) is 0 Å². The van der Waals surface area contributed by atoms with Gasteiger partial charge in [-0.15, -0.1) is 6.42 Å². The molecule has 1 atom stereocenters. The number of benzene rings is 1. The van der Waals surface area contributed by atoms with Crippen molar-refractivity contribution in [2.45, 2.75) is 58.8 Å². The number of terminal acetylenes is 1. The van der Waals surface area contributed by atoms with Gasteiger partial charge >= 0.3 is 12.2 Å². The van der Waals surface area contributed by atoms with Crippen molar-refractivity contribution in [1.82, 2.24) is 10.2 Å². The molecule has 7 heteroatoms. The highest BCUT2D eigenvalue weighted by Gasteiger charge is 2.39. The van der Waals surface area contributed by atoms with E-state index in [-0.39, 0.29) is 12.5 Å². The van der Waals surface area contributed by atoms with E-state index in [0.29, 0.717) is 5.56 Å². The maximum atomic E-state index is 12.9. The summed E-state index contributed by atoms with van der Waals surface area (Å²) in [6.07, 6.45) is 4.28. The van der Waals surface area contributed by atoms with Gasteiger partial charge in [0.15, 0.2) is 0 Å². The van der Waals surface area contributed by atoms with E-state index in [9.17, 15) is 9.59 Å². The maximum Gasteiger partial charge on any atom is 0.417 e. The number of guanidine groups is 1. The number of rotatable bonds is 1. The third-order valence-electron chi connectivity index (χ3n) is 3.63. The Hall–Kier alpha value is -3.01. The molecule has 1 aromatic rings. The fourth-order valence-electron chi connectivity index (χ4n) is 2.65. The molecule has 1 N–H and O–H groups in total. The first-order chi connectivity index (χ1) is 12.9. The average molecular weight is 385 g/mol. The number of hydrogen-bond acceptors (Lipinski definition) is 5. The fourth-order valence-corrected chi connectivity index (χ4v) is 2.65. The van der Waals surface area contributed by atoms with Crippen molar-refractivity contribution in [1.29, 1.82) is 0 Å². The number of hydrogen-bond donors (Lipinski definition) is 1. The Labute approximate surface area is 166 Å². The minimum Gasteiger partial charge on any atom is -0.444 e. The van der Waals surface area contributed by atoms with Gasteiger partial charge < -0.3 is 9.47 Å². The highest BCUT2D eigenvalue weighted by molar-refractivity contribution is 6.03. The van der Waals surface area contributed by atoms with E-state index in [1.54, 1.807) is 47.6 Å². The van der Waals surface area contributed by atoms with Gasteiger partial charge in [0, 0.05) is 5.56 Å². The van der Waals surface area contributed by atoms with Crippen LogP contribution in [0.1, 0.15) is 58.7 Å². The first-order valence-corrected chi connectivity index (χ1v) is 9.03.